The quantitative estimate of drug-likeness (QED) is 0.656. The highest BCUT2D eigenvalue weighted by molar-refractivity contribution is 6.30. The van der Waals surface area contributed by atoms with Crippen LogP contribution in [-0.4, -0.2) is 12.1 Å². The molecule has 0 bridgehead atoms. The molecule has 1 aromatic carbocycles. The van der Waals surface area contributed by atoms with Crippen molar-refractivity contribution in [3.8, 4) is 5.75 Å². The Morgan fingerprint density at radius 3 is 2.61 bits per heavy atom. The number of rotatable bonds is 4. The predicted molar refractivity (Wildman–Crippen MR) is 71.4 cm³/mol. The maximum absolute atomic E-state index is 6.03. The van der Waals surface area contributed by atoms with E-state index in [1.165, 1.54) is 0 Å². The molecule has 0 radical (unpaired) electrons. The molecule has 0 amide bonds. The molecule has 0 aliphatic carbocycles. The van der Waals surface area contributed by atoms with Crippen LogP contribution >= 0.6 is 11.6 Å². The zero-order chi connectivity index (χ0) is 13.0. The van der Waals surface area contributed by atoms with Crippen LogP contribution in [0.4, 0.5) is 0 Å². The van der Waals surface area contributed by atoms with E-state index in [2.05, 4.69) is 10.4 Å². The van der Waals surface area contributed by atoms with Gasteiger partial charge in [-0.2, -0.15) is 0 Å². The van der Waals surface area contributed by atoms with Gasteiger partial charge in [-0.05, 0) is 35.9 Å². The highest BCUT2D eigenvalue weighted by Crippen LogP contribution is 2.31. The minimum atomic E-state index is -0.193. The first kappa shape index (κ1) is 12.8. The van der Waals surface area contributed by atoms with E-state index in [1.807, 2.05) is 24.3 Å². The first-order valence-electron chi connectivity index (χ1n) is 5.45. The lowest BCUT2D eigenvalue weighted by Gasteiger charge is -2.19. The molecule has 5 heteroatoms. The fourth-order valence-electron chi connectivity index (χ4n) is 1.85. The second kappa shape index (κ2) is 5.82. The summed E-state index contributed by atoms with van der Waals surface area (Å²) in [4.78, 5) is 3.99. The van der Waals surface area contributed by atoms with Crippen molar-refractivity contribution < 1.29 is 4.74 Å². The van der Waals surface area contributed by atoms with E-state index in [0.29, 0.717) is 5.02 Å². The van der Waals surface area contributed by atoms with Crippen molar-refractivity contribution in [2.75, 3.05) is 7.11 Å². The molecule has 2 aromatic rings. The van der Waals surface area contributed by atoms with Gasteiger partial charge < -0.3 is 4.74 Å². The van der Waals surface area contributed by atoms with Crippen molar-refractivity contribution in [3.63, 3.8) is 0 Å². The van der Waals surface area contributed by atoms with Crippen LogP contribution in [0.2, 0.25) is 5.02 Å². The van der Waals surface area contributed by atoms with Gasteiger partial charge in [0.15, 0.2) is 0 Å². The summed E-state index contributed by atoms with van der Waals surface area (Å²) in [7, 11) is 1.62. The van der Waals surface area contributed by atoms with E-state index in [4.69, 9.17) is 22.2 Å². The lowest BCUT2D eigenvalue weighted by atomic mass is 9.99. The molecule has 0 fully saturated rings. The number of hydrogen-bond donors (Lipinski definition) is 2. The van der Waals surface area contributed by atoms with Gasteiger partial charge >= 0.3 is 0 Å². The molecule has 0 spiro atoms. The topological polar surface area (TPSA) is 60.2 Å². The Balaban J connectivity index is 2.48. The van der Waals surface area contributed by atoms with Crippen LogP contribution in [0, 0.1) is 0 Å². The van der Waals surface area contributed by atoms with Crippen molar-refractivity contribution in [2.24, 2.45) is 5.84 Å². The van der Waals surface area contributed by atoms with Crippen molar-refractivity contribution in [1.29, 1.82) is 0 Å². The minimum Gasteiger partial charge on any atom is -0.496 e. The van der Waals surface area contributed by atoms with Crippen LogP contribution in [0.15, 0.2) is 42.7 Å². The van der Waals surface area contributed by atoms with Crippen molar-refractivity contribution >= 4 is 11.6 Å². The monoisotopic (exact) mass is 263 g/mol. The summed E-state index contributed by atoms with van der Waals surface area (Å²) < 4.78 is 5.33. The maximum atomic E-state index is 6.03. The maximum Gasteiger partial charge on any atom is 0.124 e. The highest BCUT2D eigenvalue weighted by Gasteiger charge is 2.17. The molecule has 3 N–H and O–H groups in total. The minimum absolute atomic E-state index is 0.193. The summed E-state index contributed by atoms with van der Waals surface area (Å²) in [6.07, 6.45) is 3.44. The van der Waals surface area contributed by atoms with Crippen molar-refractivity contribution in [1.82, 2.24) is 10.4 Å². The van der Waals surface area contributed by atoms with E-state index in [0.717, 1.165) is 16.9 Å². The number of pyridine rings is 1. The smallest absolute Gasteiger partial charge is 0.124 e. The number of hydrazine groups is 1. The summed E-state index contributed by atoms with van der Waals surface area (Å²) in [5.74, 6) is 6.38. The summed E-state index contributed by atoms with van der Waals surface area (Å²) in [6, 6.07) is 9.04. The highest BCUT2D eigenvalue weighted by atomic mass is 35.5. The van der Waals surface area contributed by atoms with Crippen LogP contribution in [0.25, 0.3) is 0 Å². The summed E-state index contributed by atoms with van der Waals surface area (Å²) in [6.45, 7) is 0. The SMILES string of the molecule is COc1ccc(Cl)cc1C(NN)c1ccncc1. The fraction of sp³-hybridized carbons (Fsp3) is 0.154. The van der Waals surface area contributed by atoms with Crippen LogP contribution in [0.1, 0.15) is 17.2 Å². The molecule has 0 saturated carbocycles. The molecule has 4 nitrogen and oxygen atoms in total. The van der Waals surface area contributed by atoms with Gasteiger partial charge in [0.05, 0.1) is 13.2 Å². The number of nitrogens with two attached hydrogens (primary N) is 1. The largest absolute Gasteiger partial charge is 0.496 e. The van der Waals surface area contributed by atoms with E-state index in [9.17, 15) is 0 Å². The molecular formula is C13H14ClN3O. The number of benzene rings is 1. The van der Waals surface area contributed by atoms with E-state index in [-0.39, 0.29) is 6.04 Å². The summed E-state index contributed by atoms with van der Waals surface area (Å²) in [5, 5.41) is 0.639. The molecule has 94 valence electrons. The normalized spacial score (nSPS) is 12.2. The Morgan fingerprint density at radius 2 is 2.00 bits per heavy atom. The number of aromatic nitrogens is 1. The molecule has 0 aliphatic heterocycles. The molecular weight excluding hydrogens is 250 g/mol. The molecule has 1 aromatic heterocycles. The Labute approximate surface area is 111 Å². The predicted octanol–water partition coefficient (Wildman–Crippen LogP) is 2.30. The van der Waals surface area contributed by atoms with Gasteiger partial charge in [-0.1, -0.05) is 11.6 Å². The third kappa shape index (κ3) is 2.61. The zero-order valence-corrected chi connectivity index (χ0v) is 10.7. The summed E-state index contributed by atoms with van der Waals surface area (Å²) in [5.41, 5.74) is 4.65. The number of hydrogen-bond acceptors (Lipinski definition) is 4. The van der Waals surface area contributed by atoms with E-state index >= 15 is 0 Å². The van der Waals surface area contributed by atoms with Gasteiger partial charge in [-0.15, -0.1) is 0 Å². The Bertz CT molecular complexity index is 519. The van der Waals surface area contributed by atoms with E-state index in [1.54, 1.807) is 25.6 Å². The standard InChI is InChI=1S/C13H14ClN3O/c1-18-12-3-2-10(14)8-11(12)13(17-15)9-4-6-16-7-5-9/h2-8,13,17H,15H2,1H3. The Kier molecular flexibility index (Phi) is 4.15. The van der Waals surface area contributed by atoms with Crippen LogP contribution < -0.4 is 16.0 Å². The van der Waals surface area contributed by atoms with Gasteiger partial charge in [0.25, 0.3) is 0 Å². The van der Waals surface area contributed by atoms with Gasteiger partial charge in [0.2, 0.25) is 0 Å². The Hall–Kier alpha value is -1.62. The van der Waals surface area contributed by atoms with Gasteiger partial charge in [-0.25, -0.2) is 5.43 Å². The lowest BCUT2D eigenvalue weighted by molar-refractivity contribution is 0.404. The van der Waals surface area contributed by atoms with Gasteiger partial charge in [0, 0.05) is 23.0 Å². The van der Waals surface area contributed by atoms with Crippen LogP contribution in [-0.2, 0) is 0 Å². The van der Waals surface area contributed by atoms with Crippen LogP contribution in [0.3, 0.4) is 0 Å². The van der Waals surface area contributed by atoms with E-state index < -0.39 is 0 Å². The molecule has 1 unspecified atom stereocenters. The average molecular weight is 264 g/mol. The first-order valence-corrected chi connectivity index (χ1v) is 5.83. The number of nitrogens with zero attached hydrogens (tertiary/aromatic N) is 1. The third-order valence-corrected chi connectivity index (χ3v) is 2.94. The fourth-order valence-corrected chi connectivity index (χ4v) is 2.03. The molecule has 18 heavy (non-hydrogen) atoms. The number of ether oxygens (including phenoxy) is 1. The van der Waals surface area contributed by atoms with Crippen molar-refractivity contribution in [2.45, 2.75) is 6.04 Å². The Morgan fingerprint density at radius 1 is 1.28 bits per heavy atom. The first-order chi connectivity index (χ1) is 8.76. The molecule has 1 heterocycles. The number of halogens is 1. The second-order valence-corrected chi connectivity index (χ2v) is 4.20. The second-order valence-electron chi connectivity index (χ2n) is 3.77. The molecule has 0 aliphatic rings. The van der Waals surface area contributed by atoms with Crippen molar-refractivity contribution in [3.05, 3.63) is 58.9 Å². The van der Waals surface area contributed by atoms with Gasteiger partial charge in [-0.3, -0.25) is 10.8 Å². The molecule has 2 rings (SSSR count). The summed E-state index contributed by atoms with van der Waals surface area (Å²) >= 11 is 6.03. The number of nitrogens with one attached hydrogen (secondary N) is 1. The zero-order valence-electron chi connectivity index (χ0n) is 9.93. The third-order valence-electron chi connectivity index (χ3n) is 2.71. The number of methoxy groups -OCH3 is 1. The average Bonchev–Trinajstić information content (AvgIpc) is 2.41. The lowest BCUT2D eigenvalue weighted by Crippen LogP contribution is -2.29. The van der Waals surface area contributed by atoms with Crippen LogP contribution in [0.5, 0.6) is 5.75 Å². The van der Waals surface area contributed by atoms with Gasteiger partial charge in [0.1, 0.15) is 5.75 Å². The molecule has 0 saturated heterocycles. The molecule has 1 atom stereocenters.